The van der Waals surface area contributed by atoms with E-state index in [4.69, 9.17) is 6.42 Å². The van der Waals surface area contributed by atoms with E-state index in [1.54, 1.807) is 0 Å². The summed E-state index contributed by atoms with van der Waals surface area (Å²) in [5, 5.41) is 0. The minimum absolute atomic E-state index is 0.0683. The van der Waals surface area contributed by atoms with Crippen molar-refractivity contribution >= 4 is 5.97 Å². The minimum Gasteiger partial charge on any atom is -0.452 e. The van der Waals surface area contributed by atoms with Crippen molar-refractivity contribution < 1.29 is 15.3 Å². The molecule has 0 spiro atoms. The number of rotatable bonds is 3. The van der Waals surface area contributed by atoms with Crippen molar-refractivity contribution in [1.82, 2.24) is 0 Å². The number of quaternary nitrogens is 1. The molecule has 0 aliphatic rings. The fourth-order valence-electron chi connectivity index (χ4n) is 0.339. The summed E-state index contributed by atoms with van der Waals surface area (Å²) in [6, 6.07) is 0. The zero-order valence-electron chi connectivity index (χ0n) is 5.22. The first kappa shape index (κ1) is 7.99. The van der Waals surface area contributed by atoms with E-state index in [-0.39, 0.29) is 12.6 Å². The van der Waals surface area contributed by atoms with Crippen LogP contribution in [0.25, 0.3) is 0 Å². The lowest BCUT2D eigenvalue weighted by molar-refractivity contribution is -0.366. The van der Waals surface area contributed by atoms with Gasteiger partial charge < -0.3 is 10.5 Å². The van der Waals surface area contributed by atoms with Crippen molar-refractivity contribution in [2.75, 3.05) is 13.2 Å². The third-order valence-corrected chi connectivity index (χ3v) is 0.697. The summed E-state index contributed by atoms with van der Waals surface area (Å²) in [6.45, 7) is 0.627. The number of hydrogen-bond donors (Lipinski definition) is 1. The number of ether oxygens (including phenoxy) is 1. The van der Waals surface area contributed by atoms with Gasteiger partial charge in [0, 0.05) is 0 Å². The van der Waals surface area contributed by atoms with Crippen molar-refractivity contribution in [3.63, 3.8) is 0 Å². The van der Waals surface area contributed by atoms with Gasteiger partial charge in [-0.1, -0.05) is 5.92 Å². The van der Waals surface area contributed by atoms with Gasteiger partial charge in [-0.2, -0.15) is 0 Å². The predicted octanol–water partition coefficient (Wildman–Crippen LogP) is -1.21. The smallest absolute Gasteiger partial charge is 0.312 e. The summed E-state index contributed by atoms with van der Waals surface area (Å²) in [4.78, 5) is 10.4. The van der Waals surface area contributed by atoms with Crippen LogP contribution in [0, 0.1) is 12.3 Å². The van der Waals surface area contributed by atoms with Gasteiger partial charge >= 0.3 is 5.97 Å². The number of terminal acetylenes is 1. The Morgan fingerprint density at radius 1 is 1.78 bits per heavy atom. The van der Waals surface area contributed by atoms with Gasteiger partial charge in [0.2, 0.25) is 0 Å². The Balaban J connectivity index is 3.19. The third-order valence-electron chi connectivity index (χ3n) is 0.697. The zero-order chi connectivity index (χ0) is 7.11. The first-order chi connectivity index (χ1) is 4.31. The number of carbonyl (C=O) groups excluding carboxylic acids is 1. The second-order valence-corrected chi connectivity index (χ2v) is 1.47. The molecule has 3 N–H and O–H groups in total. The third kappa shape index (κ3) is 4.85. The molecule has 0 aliphatic heterocycles. The Labute approximate surface area is 54.2 Å². The van der Waals surface area contributed by atoms with Crippen LogP contribution in [-0.2, 0) is 9.53 Å². The van der Waals surface area contributed by atoms with E-state index >= 15 is 0 Å². The molecule has 0 heterocycles. The lowest BCUT2D eigenvalue weighted by Crippen LogP contribution is -2.51. The second kappa shape index (κ2) is 5.13. The molecule has 0 aromatic heterocycles. The summed E-state index contributed by atoms with van der Waals surface area (Å²) in [7, 11) is 0. The monoisotopic (exact) mass is 128 g/mol. The molecule has 0 radical (unpaired) electrons. The highest BCUT2D eigenvalue weighted by molar-refractivity contribution is 5.69. The van der Waals surface area contributed by atoms with E-state index < -0.39 is 0 Å². The van der Waals surface area contributed by atoms with Crippen molar-refractivity contribution in [3.8, 4) is 12.3 Å². The van der Waals surface area contributed by atoms with Gasteiger partial charge in [-0.05, 0) is 0 Å². The molecule has 0 aromatic carbocycles. The first-order valence-electron chi connectivity index (χ1n) is 2.69. The van der Waals surface area contributed by atoms with Crippen LogP contribution >= 0.6 is 0 Å². The van der Waals surface area contributed by atoms with Gasteiger partial charge in [-0.15, -0.1) is 6.42 Å². The van der Waals surface area contributed by atoms with Crippen LogP contribution in [0.15, 0.2) is 0 Å². The largest absolute Gasteiger partial charge is 0.452 e. The van der Waals surface area contributed by atoms with E-state index in [0.717, 1.165) is 0 Å². The second-order valence-electron chi connectivity index (χ2n) is 1.47. The van der Waals surface area contributed by atoms with Crippen molar-refractivity contribution in [2.45, 2.75) is 6.42 Å². The predicted molar refractivity (Wildman–Crippen MR) is 32.2 cm³/mol. The lowest BCUT2D eigenvalue weighted by Gasteiger charge is -1.94. The van der Waals surface area contributed by atoms with Gasteiger partial charge in [0.25, 0.3) is 0 Å². The standard InChI is InChI=1S/C6H9NO2/c1-2-5-9-6(8)3-4-7/h1H,3-5,7H2/p+1. The Bertz CT molecular complexity index is 126. The molecule has 0 aromatic rings. The molecular formula is C6H10NO2+. The van der Waals surface area contributed by atoms with Crippen molar-refractivity contribution in [1.29, 1.82) is 0 Å². The Morgan fingerprint density at radius 3 is 2.89 bits per heavy atom. The van der Waals surface area contributed by atoms with Crippen LogP contribution in [0.5, 0.6) is 0 Å². The Hall–Kier alpha value is -1.01. The molecule has 0 amide bonds. The van der Waals surface area contributed by atoms with E-state index in [2.05, 4.69) is 16.4 Å². The highest BCUT2D eigenvalue weighted by Gasteiger charge is 1.98. The molecule has 3 nitrogen and oxygen atoms in total. The van der Waals surface area contributed by atoms with Crippen LogP contribution in [0.3, 0.4) is 0 Å². The maximum atomic E-state index is 10.4. The Morgan fingerprint density at radius 2 is 2.44 bits per heavy atom. The minimum atomic E-state index is -0.275. The first-order valence-corrected chi connectivity index (χ1v) is 2.69. The summed E-state index contributed by atoms with van der Waals surface area (Å²) < 4.78 is 4.52. The highest BCUT2D eigenvalue weighted by atomic mass is 16.5. The van der Waals surface area contributed by atoms with Gasteiger partial charge in [0.05, 0.1) is 13.0 Å². The normalized spacial score (nSPS) is 8.00. The maximum Gasteiger partial charge on any atom is 0.312 e. The lowest BCUT2D eigenvalue weighted by atomic mass is 10.4. The molecule has 0 rings (SSSR count). The maximum absolute atomic E-state index is 10.4. The highest BCUT2D eigenvalue weighted by Crippen LogP contribution is 1.80. The summed E-state index contributed by atoms with van der Waals surface area (Å²) in [5.74, 6) is 1.92. The number of hydrogen-bond acceptors (Lipinski definition) is 2. The van der Waals surface area contributed by atoms with Crippen LogP contribution < -0.4 is 5.73 Å². The average molecular weight is 128 g/mol. The number of carbonyl (C=O) groups is 1. The van der Waals surface area contributed by atoms with Gasteiger partial charge in [0.15, 0.2) is 6.61 Å². The zero-order valence-corrected chi connectivity index (χ0v) is 5.22. The van der Waals surface area contributed by atoms with E-state index in [0.29, 0.717) is 13.0 Å². The fraction of sp³-hybridized carbons (Fsp3) is 0.500. The summed E-state index contributed by atoms with van der Waals surface area (Å²) in [5.41, 5.74) is 3.48. The fourth-order valence-corrected chi connectivity index (χ4v) is 0.339. The molecule has 0 aliphatic carbocycles. The van der Waals surface area contributed by atoms with Crippen molar-refractivity contribution in [3.05, 3.63) is 0 Å². The van der Waals surface area contributed by atoms with Crippen LogP contribution in [0.4, 0.5) is 0 Å². The van der Waals surface area contributed by atoms with Crippen molar-refractivity contribution in [2.24, 2.45) is 0 Å². The molecular weight excluding hydrogens is 118 g/mol. The molecule has 0 bridgehead atoms. The SMILES string of the molecule is C#CCOC(=O)CC[NH3+]. The van der Waals surface area contributed by atoms with Gasteiger partial charge in [0.1, 0.15) is 0 Å². The van der Waals surface area contributed by atoms with E-state index in [1.807, 2.05) is 0 Å². The molecule has 0 fully saturated rings. The van der Waals surface area contributed by atoms with E-state index in [9.17, 15) is 4.79 Å². The molecule has 0 saturated carbocycles. The van der Waals surface area contributed by atoms with E-state index in [1.165, 1.54) is 0 Å². The molecule has 50 valence electrons. The topological polar surface area (TPSA) is 53.9 Å². The molecule has 3 heteroatoms. The molecule has 9 heavy (non-hydrogen) atoms. The Kier molecular flexibility index (Phi) is 4.56. The quantitative estimate of drug-likeness (QED) is 0.383. The van der Waals surface area contributed by atoms with Crippen LogP contribution in [0.2, 0.25) is 0 Å². The summed E-state index contributed by atoms with van der Waals surface area (Å²) in [6.07, 6.45) is 5.18. The average Bonchev–Trinajstić information content (AvgIpc) is 1.85. The van der Waals surface area contributed by atoms with Crippen LogP contribution in [0.1, 0.15) is 6.42 Å². The number of esters is 1. The molecule has 0 atom stereocenters. The molecule has 0 unspecified atom stereocenters. The van der Waals surface area contributed by atoms with Crippen LogP contribution in [-0.4, -0.2) is 19.1 Å². The van der Waals surface area contributed by atoms with Gasteiger partial charge in [-0.3, -0.25) is 4.79 Å². The summed E-state index contributed by atoms with van der Waals surface area (Å²) >= 11 is 0. The van der Waals surface area contributed by atoms with Gasteiger partial charge in [-0.25, -0.2) is 0 Å². The molecule has 0 saturated heterocycles.